The number of hydrogen-bond acceptors (Lipinski definition) is 4. The molecule has 5 heteroatoms. The first-order valence-corrected chi connectivity index (χ1v) is 7.16. The summed E-state index contributed by atoms with van der Waals surface area (Å²) in [5.74, 6) is 5.53. The molecule has 20 heavy (non-hydrogen) atoms. The van der Waals surface area contributed by atoms with Crippen LogP contribution in [-0.4, -0.2) is 26.7 Å². The summed E-state index contributed by atoms with van der Waals surface area (Å²) >= 11 is 0. The fourth-order valence-electron chi connectivity index (χ4n) is 2.55. The van der Waals surface area contributed by atoms with Crippen molar-refractivity contribution in [2.45, 2.75) is 39.3 Å². The minimum atomic E-state index is 0.649. The van der Waals surface area contributed by atoms with Crippen LogP contribution in [0.2, 0.25) is 0 Å². The van der Waals surface area contributed by atoms with E-state index in [2.05, 4.69) is 41.2 Å². The Morgan fingerprint density at radius 3 is 2.70 bits per heavy atom. The number of nitrogens with zero attached hydrogens (tertiary/aromatic N) is 4. The first-order chi connectivity index (χ1) is 9.54. The van der Waals surface area contributed by atoms with Gasteiger partial charge in [0.25, 0.3) is 0 Å². The number of aromatic nitrogens is 3. The third-order valence-corrected chi connectivity index (χ3v) is 4.18. The van der Waals surface area contributed by atoms with E-state index in [-0.39, 0.29) is 0 Å². The Morgan fingerprint density at radius 2 is 2.10 bits per heavy atom. The van der Waals surface area contributed by atoms with Crippen LogP contribution in [0.5, 0.6) is 0 Å². The van der Waals surface area contributed by atoms with Crippen LogP contribution in [0, 0.1) is 12.8 Å². The second-order valence-corrected chi connectivity index (χ2v) is 6.02. The lowest BCUT2D eigenvalue weighted by molar-refractivity contribution is 0.274. The highest BCUT2D eigenvalue weighted by Gasteiger charge is 2.36. The standard InChI is InChI=1S/C15H22N4O/c1-10-7-13(10)14-6-5-12(20-14)8-18(3)9-15-17-16-11(2)19(15)4/h5-6,10,13H,7-9H2,1-4H3/t10-,13-/m1/s1. The van der Waals surface area contributed by atoms with Gasteiger partial charge in [-0.15, -0.1) is 10.2 Å². The molecule has 0 N–H and O–H groups in total. The molecule has 0 radical (unpaired) electrons. The zero-order valence-electron chi connectivity index (χ0n) is 12.6. The maximum absolute atomic E-state index is 5.94. The van der Waals surface area contributed by atoms with Gasteiger partial charge in [0.1, 0.15) is 23.2 Å². The average Bonchev–Trinajstić information content (AvgIpc) is 2.81. The summed E-state index contributed by atoms with van der Waals surface area (Å²) in [6.07, 6.45) is 1.26. The predicted molar refractivity (Wildman–Crippen MR) is 76.1 cm³/mol. The molecular formula is C15H22N4O. The normalized spacial score (nSPS) is 21.6. The molecular weight excluding hydrogens is 252 g/mol. The first-order valence-electron chi connectivity index (χ1n) is 7.16. The predicted octanol–water partition coefficient (Wildman–Crippen LogP) is 2.47. The van der Waals surface area contributed by atoms with E-state index in [1.54, 1.807) is 0 Å². The molecule has 0 spiro atoms. The van der Waals surface area contributed by atoms with Crippen LogP contribution in [0.1, 0.15) is 42.4 Å². The minimum Gasteiger partial charge on any atom is -0.464 e. The molecule has 0 saturated heterocycles. The van der Waals surface area contributed by atoms with Crippen LogP contribution in [0.25, 0.3) is 0 Å². The average molecular weight is 274 g/mol. The van der Waals surface area contributed by atoms with E-state index in [4.69, 9.17) is 4.42 Å². The molecule has 5 nitrogen and oxygen atoms in total. The van der Waals surface area contributed by atoms with Gasteiger partial charge in [-0.05, 0) is 38.4 Å². The van der Waals surface area contributed by atoms with E-state index in [0.29, 0.717) is 5.92 Å². The van der Waals surface area contributed by atoms with Gasteiger partial charge in [-0.1, -0.05) is 6.92 Å². The van der Waals surface area contributed by atoms with Gasteiger partial charge in [0.15, 0.2) is 0 Å². The van der Waals surface area contributed by atoms with Gasteiger partial charge < -0.3 is 8.98 Å². The summed E-state index contributed by atoms with van der Waals surface area (Å²) in [6, 6.07) is 4.22. The first kappa shape index (κ1) is 13.4. The van der Waals surface area contributed by atoms with Gasteiger partial charge in [0.2, 0.25) is 0 Å². The van der Waals surface area contributed by atoms with E-state index >= 15 is 0 Å². The molecule has 2 atom stereocenters. The molecule has 1 saturated carbocycles. The largest absolute Gasteiger partial charge is 0.464 e. The summed E-state index contributed by atoms with van der Waals surface area (Å²) in [4.78, 5) is 2.20. The zero-order chi connectivity index (χ0) is 14.3. The molecule has 1 fully saturated rings. The molecule has 3 rings (SSSR count). The van der Waals surface area contributed by atoms with Crippen LogP contribution < -0.4 is 0 Å². The monoisotopic (exact) mass is 274 g/mol. The van der Waals surface area contributed by atoms with Gasteiger partial charge in [0, 0.05) is 13.0 Å². The lowest BCUT2D eigenvalue weighted by atomic mass is 10.3. The van der Waals surface area contributed by atoms with Crippen molar-refractivity contribution in [1.82, 2.24) is 19.7 Å². The summed E-state index contributed by atoms with van der Waals surface area (Å²) < 4.78 is 7.96. The lowest BCUT2D eigenvalue weighted by Gasteiger charge is -2.14. The SMILES string of the molecule is Cc1nnc(CN(C)Cc2ccc([C@@H]3C[C@H]3C)o2)n1C. The maximum Gasteiger partial charge on any atom is 0.146 e. The lowest BCUT2D eigenvalue weighted by Crippen LogP contribution is -2.19. The topological polar surface area (TPSA) is 47.1 Å². The van der Waals surface area contributed by atoms with Crippen molar-refractivity contribution < 1.29 is 4.42 Å². The molecule has 1 aliphatic carbocycles. The van der Waals surface area contributed by atoms with Crippen LogP contribution >= 0.6 is 0 Å². The maximum atomic E-state index is 5.94. The van der Waals surface area contributed by atoms with Crippen molar-refractivity contribution in [3.63, 3.8) is 0 Å². The molecule has 1 aliphatic rings. The van der Waals surface area contributed by atoms with Crippen LogP contribution in [0.4, 0.5) is 0 Å². The van der Waals surface area contributed by atoms with Gasteiger partial charge in [0.05, 0.1) is 13.1 Å². The molecule has 0 amide bonds. The van der Waals surface area contributed by atoms with Gasteiger partial charge in [-0.2, -0.15) is 0 Å². The van der Waals surface area contributed by atoms with E-state index in [9.17, 15) is 0 Å². The Balaban J connectivity index is 1.59. The van der Waals surface area contributed by atoms with Gasteiger partial charge >= 0.3 is 0 Å². The van der Waals surface area contributed by atoms with Crippen LogP contribution in [-0.2, 0) is 20.1 Å². The van der Waals surface area contributed by atoms with Crippen molar-refractivity contribution in [3.8, 4) is 0 Å². The smallest absolute Gasteiger partial charge is 0.146 e. The van der Waals surface area contributed by atoms with Crippen molar-refractivity contribution in [2.24, 2.45) is 13.0 Å². The molecule has 2 aromatic heterocycles. The molecule has 0 aromatic carbocycles. The fraction of sp³-hybridized carbons (Fsp3) is 0.600. The van der Waals surface area contributed by atoms with Crippen molar-refractivity contribution in [2.75, 3.05) is 7.05 Å². The number of rotatable bonds is 5. The quantitative estimate of drug-likeness (QED) is 0.840. The Morgan fingerprint density at radius 1 is 1.35 bits per heavy atom. The van der Waals surface area contributed by atoms with Crippen molar-refractivity contribution in [3.05, 3.63) is 35.3 Å². The third-order valence-electron chi connectivity index (χ3n) is 4.18. The van der Waals surface area contributed by atoms with Crippen LogP contribution in [0.3, 0.4) is 0 Å². The molecule has 0 bridgehead atoms. The molecule has 0 aliphatic heterocycles. The van der Waals surface area contributed by atoms with E-state index in [1.165, 1.54) is 6.42 Å². The zero-order valence-corrected chi connectivity index (χ0v) is 12.6. The second kappa shape index (κ2) is 5.05. The highest BCUT2D eigenvalue weighted by molar-refractivity contribution is 5.17. The number of hydrogen-bond donors (Lipinski definition) is 0. The molecule has 0 unspecified atom stereocenters. The van der Waals surface area contributed by atoms with Crippen molar-refractivity contribution in [1.29, 1.82) is 0 Å². The van der Waals surface area contributed by atoms with Crippen LogP contribution in [0.15, 0.2) is 16.5 Å². The second-order valence-electron chi connectivity index (χ2n) is 6.02. The Hall–Kier alpha value is -1.62. The number of furan rings is 1. The Kier molecular flexibility index (Phi) is 3.38. The number of aryl methyl sites for hydroxylation is 1. The van der Waals surface area contributed by atoms with E-state index < -0.39 is 0 Å². The Labute approximate surface area is 119 Å². The summed E-state index contributed by atoms with van der Waals surface area (Å²) in [5, 5.41) is 8.27. The van der Waals surface area contributed by atoms with Gasteiger partial charge in [-0.3, -0.25) is 4.90 Å². The van der Waals surface area contributed by atoms with Gasteiger partial charge in [-0.25, -0.2) is 0 Å². The highest BCUT2D eigenvalue weighted by atomic mass is 16.3. The Bertz CT molecular complexity index is 601. The summed E-state index contributed by atoms with van der Waals surface area (Å²) in [7, 11) is 4.07. The highest BCUT2D eigenvalue weighted by Crippen LogP contribution is 2.47. The molecule has 2 heterocycles. The van der Waals surface area contributed by atoms with E-state index in [1.807, 2.05) is 18.5 Å². The summed E-state index contributed by atoms with van der Waals surface area (Å²) in [5.41, 5.74) is 0. The van der Waals surface area contributed by atoms with Crippen molar-refractivity contribution >= 4 is 0 Å². The minimum absolute atomic E-state index is 0.649. The summed E-state index contributed by atoms with van der Waals surface area (Å²) in [6.45, 7) is 5.81. The fourth-order valence-corrected chi connectivity index (χ4v) is 2.55. The molecule has 108 valence electrons. The third kappa shape index (κ3) is 2.63. The molecule has 2 aromatic rings. The van der Waals surface area contributed by atoms with E-state index in [0.717, 1.165) is 42.2 Å².